The van der Waals surface area contributed by atoms with Gasteiger partial charge in [0.05, 0.1) is 0 Å². The largest absolute Gasteiger partial charge is 0.370 e. The van der Waals surface area contributed by atoms with Gasteiger partial charge in [0.2, 0.25) is 0 Å². The molecule has 1 aromatic rings. The summed E-state index contributed by atoms with van der Waals surface area (Å²) in [5.41, 5.74) is 1.38. The first kappa shape index (κ1) is 13.3. The monoisotopic (exact) mass is 247 g/mol. The second kappa shape index (κ2) is 6.74. The lowest BCUT2D eigenvalue weighted by atomic mass is 10.1. The van der Waals surface area contributed by atoms with Crippen molar-refractivity contribution in [3.05, 3.63) is 23.9 Å². The Morgan fingerprint density at radius 3 is 3.11 bits per heavy atom. The van der Waals surface area contributed by atoms with Gasteiger partial charge in [0.15, 0.2) is 0 Å². The smallest absolute Gasteiger partial charge is 0.130 e. The number of likely N-dealkylation sites (tertiary alicyclic amines) is 1. The zero-order valence-corrected chi connectivity index (χ0v) is 11.7. The van der Waals surface area contributed by atoms with Crippen LogP contribution >= 0.6 is 0 Å². The van der Waals surface area contributed by atoms with Crippen LogP contribution in [0.2, 0.25) is 0 Å². The van der Waals surface area contributed by atoms with Crippen molar-refractivity contribution in [1.29, 1.82) is 0 Å². The highest BCUT2D eigenvalue weighted by Crippen LogP contribution is 2.34. The SMILES string of the molecule is CCCCNc1ncccc1[C@@H]1CCCN1CC. The Hall–Kier alpha value is -1.09. The van der Waals surface area contributed by atoms with Gasteiger partial charge in [-0.1, -0.05) is 26.3 Å². The van der Waals surface area contributed by atoms with Crippen LogP contribution in [0.4, 0.5) is 5.82 Å². The third-order valence-corrected chi connectivity index (χ3v) is 3.79. The van der Waals surface area contributed by atoms with Crippen molar-refractivity contribution in [3.8, 4) is 0 Å². The Balaban J connectivity index is 2.11. The van der Waals surface area contributed by atoms with Gasteiger partial charge >= 0.3 is 0 Å². The molecule has 0 radical (unpaired) electrons. The highest BCUT2D eigenvalue weighted by Gasteiger charge is 2.26. The molecule has 0 spiro atoms. The van der Waals surface area contributed by atoms with E-state index in [1.165, 1.54) is 37.8 Å². The highest BCUT2D eigenvalue weighted by molar-refractivity contribution is 5.46. The van der Waals surface area contributed by atoms with E-state index in [0.717, 1.165) is 18.9 Å². The van der Waals surface area contributed by atoms with Crippen LogP contribution in [0.5, 0.6) is 0 Å². The molecule has 1 N–H and O–H groups in total. The van der Waals surface area contributed by atoms with Gasteiger partial charge in [0.1, 0.15) is 5.82 Å². The molecule has 1 aromatic heterocycles. The van der Waals surface area contributed by atoms with Crippen molar-refractivity contribution in [2.45, 2.75) is 45.6 Å². The van der Waals surface area contributed by atoms with E-state index in [-0.39, 0.29) is 0 Å². The maximum atomic E-state index is 4.53. The van der Waals surface area contributed by atoms with Gasteiger partial charge in [-0.25, -0.2) is 4.98 Å². The Bertz CT molecular complexity index is 365. The van der Waals surface area contributed by atoms with Crippen LogP contribution in [-0.2, 0) is 0 Å². The number of pyridine rings is 1. The quantitative estimate of drug-likeness (QED) is 0.780. The number of hydrogen-bond donors (Lipinski definition) is 1. The molecule has 2 rings (SSSR count). The molecule has 0 amide bonds. The van der Waals surface area contributed by atoms with E-state index in [0.29, 0.717) is 6.04 Å². The Kier molecular flexibility index (Phi) is 5.00. The molecular weight excluding hydrogens is 222 g/mol. The van der Waals surface area contributed by atoms with Crippen molar-refractivity contribution < 1.29 is 0 Å². The summed E-state index contributed by atoms with van der Waals surface area (Å²) in [5.74, 6) is 1.09. The minimum absolute atomic E-state index is 0.563. The molecule has 2 heterocycles. The Morgan fingerprint density at radius 1 is 1.44 bits per heavy atom. The third kappa shape index (κ3) is 3.02. The summed E-state index contributed by atoms with van der Waals surface area (Å²) in [4.78, 5) is 7.08. The molecule has 3 heteroatoms. The van der Waals surface area contributed by atoms with Crippen molar-refractivity contribution in [2.75, 3.05) is 25.0 Å². The summed E-state index contributed by atoms with van der Waals surface area (Å²) < 4.78 is 0. The summed E-state index contributed by atoms with van der Waals surface area (Å²) in [6.07, 6.45) is 6.89. The maximum absolute atomic E-state index is 4.53. The summed E-state index contributed by atoms with van der Waals surface area (Å²) in [6.45, 7) is 7.85. The van der Waals surface area contributed by atoms with Gasteiger partial charge in [0.25, 0.3) is 0 Å². The van der Waals surface area contributed by atoms with Crippen molar-refractivity contribution >= 4 is 5.82 Å². The molecule has 0 aromatic carbocycles. The Labute approximate surface area is 111 Å². The van der Waals surface area contributed by atoms with E-state index in [1.54, 1.807) is 0 Å². The summed E-state index contributed by atoms with van der Waals surface area (Å²) in [6, 6.07) is 4.86. The number of anilines is 1. The molecule has 0 saturated carbocycles. The molecule has 100 valence electrons. The van der Waals surface area contributed by atoms with Crippen LogP contribution in [0.3, 0.4) is 0 Å². The van der Waals surface area contributed by atoms with E-state index in [9.17, 15) is 0 Å². The summed E-state index contributed by atoms with van der Waals surface area (Å²) >= 11 is 0. The fourth-order valence-electron chi connectivity index (χ4n) is 2.77. The van der Waals surface area contributed by atoms with Crippen LogP contribution in [0.1, 0.15) is 51.1 Å². The number of hydrogen-bond acceptors (Lipinski definition) is 3. The average molecular weight is 247 g/mol. The lowest BCUT2D eigenvalue weighted by molar-refractivity contribution is 0.272. The van der Waals surface area contributed by atoms with Crippen molar-refractivity contribution in [3.63, 3.8) is 0 Å². The van der Waals surface area contributed by atoms with Gasteiger partial charge in [0, 0.05) is 24.3 Å². The van der Waals surface area contributed by atoms with E-state index < -0.39 is 0 Å². The molecule has 1 aliphatic heterocycles. The second-order valence-corrected chi connectivity index (χ2v) is 5.01. The molecule has 1 aliphatic rings. The molecular formula is C15H25N3. The van der Waals surface area contributed by atoms with Gasteiger partial charge in [-0.2, -0.15) is 0 Å². The predicted molar refractivity (Wildman–Crippen MR) is 76.9 cm³/mol. The molecule has 1 saturated heterocycles. The molecule has 0 aliphatic carbocycles. The standard InChI is InChI=1S/C15H25N3/c1-3-5-10-16-15-13(8-6-11-17-15)14-9-7-12-18(14)4-2/h6,8,11,14H,3-5,7,9-10,12H2,1-2H3,(H,16,17)/t14-/m0/s1. The van der Waals surface area contributed by atoms with Gasteiger partial charge in [-0.05, 0) is 38.4 Å². The van der Waals surface area contributed by atoms with E-state index in [2.05, 4.69) is 41.2 Å². The van der Waals surface area contributed by atoms with Gasteiger partial charge < -0.3 is 5.32 Å². The molecule has 0 unspecified atom stereocenters. The first-order chi connectivity index (χ1) is 8.86. The van der Waals surface area contributed by atoms with Crippen LogP contribution < -0.4 is 5.32 Å². The molecule has 1 atom stereocenters. The maximum Gasteiger partial charge on any atom is 0.130 e. The fraction of sp³-hybridized carbons (Fsp3) is 0.667. The second-order valence-electron chi connectivity index (χ2n) is 5.01. The highest BCUT2D eigenvalue weighted by atomic mass is 15.2. The molecule has 0 bridgehead atoms. The number of unbranched alkanes of at least 4 members (excludes halogenated alkanes) is 1. The van der Waals surface area contributed by atoms with E-state index >= 15 is 0 Å². The summed E-state index contributed by atoms with van der Waals surface area (Å²) in [7, 11) is 0. The average Bonchev–Trinajstić information content (AvgIpc) is 2.88. The number of nitrogens with one attached hydrogen (secondary N) is 1. The fourth-order valence-corrected chi connectivity index (χ4v) is 2.77. The molecule has 1 fully saturated rings. The third-order valence-electron chi connectivity index (χ3n) is 3.79. The lowest BCUT2D eigenvalue weighted by Gasteiger charge is -2.24. The van der Waals surface area contributed by atoms with Crippen molar-refractivity contribution in [2.24, 2.45) is 0 Å². The topological polar surface area (TPSA) is 28.2 Å². The molecule has 3 nitrogen and oxygen atoms in total. The minimum Gasteiger partial charge on any atom is -0.370 e. The normalized spacial score (nSPS) is 20.2. The Morgan fingerprint density at radius 2 is 2.33 bits per heavy atom. The van der Waals surface area contributed by atoms with Crippen LogP contribution in [0.15, 0.2) is 18.3 Å². The van der Waals surface area contributed by atoms with E-state index in [1.807, 2.05) is 6.20 Å². The zero-order valence-electron chi connectivity index (χ0n) is 11.7. The van der Waals surface area contributed by atoms with Gasteiger partial charge in [-0.15, -0.1) is 0 Å². The van der Waals surface area contributed by atoms with Crippen molar-refractivity contribution in [1.82, 2.24) is 9.88 Å². The number of nitrogens with zero attached hydrogens (tertiary/aromatic N) is 2. The van der Waals surface area contributed by atoms with Crippen LogP contribution in [-0.4, -0.2) is 29.5 Å². The zero-order chi connectivity index (χ0) is 12.8. The van der Waals surface area contributed by atoms with E-state index in [4.69, 9.17) is 0 Å². The number of rotatable bonds is 6. The lowest BCUT2D eigenvalue weighted by Crippen LogP contribution is -2.23. The predicted octanol–water partition coefficient (Wildman–Crippen LogP) is 3.45. The first-order valence-electron chi connectivity index (χ1n) is 7.29. The number of aromatic nitrogens is 1. The molecule has 18 heavy (non-hydrogen) atoms. The first-order valence-corrected chi connectivity index (χ1v) is 7.29. The van der Waals surface area contributed by atoms with Crippen LogP contribution in [0.25, 0.3) is 0 Å². The minimum atomic E-state index is 0.563. The summed E-state index contributed by atoms with van der Waals surface area (Å²) in [5, 5.41) is 3.50. The van der Waals surface area contributed by atoms with Crippen LogP contribution in [0, 0.1) is 0 Å². The van der Waals surface area contributed by atoms with Gasteiger partial charge in [-0.3, -0.25) is 4.90 Å².